The molecule has 3 atom stereocenters. The van der Waals surface area contributed by atoms with Gasteiger partial charge in [-0.25, -0.2) is 0 Å². The summed E-state index contributed by atoms with van der Waals surface area (Å²) < 4.78 is 44.9. The number of fused-ring (bicyclic) bond motifs is 1. The van der Waals surface area contributed by atoms with Crippen molar-refractivity contribution in [2.75, 3.05) is 13.1 Å². The normalized spacial score (nSPS) is 28.9. The van der Waals surface area contributed by atoms with Crippen LogP contribution < -0.4 is 0 Å². The zero-order chi connectivity index (χ0) is 22.6. The van der Waals surface area contributed by atoms with Crippen molar-refractivity contribution in [1.29, 1.82) is 0 Å². The molecule has 3 aromatic rings. The van der Waals surface area contributed by atoms with E-state index in [4.69, 9.17) is 4.42 Å². The number of piperidine rings is 1. The molecule has 0 bridgehead atoms. The first kappa shape index (κ1) is 23.4. The van der Waals surface area contributed by atoms with E-state index in [1.807, 2.05) is 0 Å². The first-order valence-electron chi connectivity index (χ1n) is 11.8. The minimum absolute atomic E-state index is 0. The Kier molecular flexibility index (Phi) is 6.19. The van der Waals surface area contributed by atoms with Crippen molar-refractivity contribution in [3.05, 3.63) is 71.6 Å². The molecule has 1 unspecified atom stereocenters. The average Bonchev–Trinajstić information content (AvgIpc) is 3.19. The average molecular weight is 490 g/mol. The van der Waals surface area contributed by atoms with Crippen molar-refractivity contribution in [2.24, 2.45) is 11.8 Å². The quantitative estimate of drug-likeness (QED) is 0.417. The molecule has 2 heterocycles. The zero-order valence-corrected chi connectivity index (χ0v) is 19.4. The molecular formula is C26H27ClF3N3O. The SMILES string of the molecule is Cl.FC(F)(F)c1cccc(-c2nnc(C3[C@H]4CN(C5CCC(c6ccccc6)CC5)C[C@@H]34)o2)c1. The number of hydrogen-bond acceptors (Lipinski definition) is 4. The molecule has 180 valence electrons. The third-order valence-corrected chi connectivity index (χ3v) is 7.87. The fourth-order valence-corrected chi connectivity index (χ4v) is 6.04. The number of benzene rings is 2. The number of halogens is 4. The van der Waals surface area contributed by atoms with Crippen molar-refractivity contribution in [2.45, 2.75) is 49.7 Å². The molecule has 0 spiro atoms. The molecule has 3 fully saturated rings. The second-order valence-corrected chi connectivity index (χ2v) is 9.75. The molecule has 8 heteroatoms. The van der Waals surface area contributed by atoms with Gasteiger partial charge >= 0.3 is 6.18 Å². The van der Waals surface area contributed by atoms with Crippen LogP contribution in [-0.2, 0) is 6.18 Å². The Morgan fingerprint density at radius 2 is 1.56 bits per heavy atom. The number of likely N-dealkylation sites (tertiary alicyclic amines) is 1. The summed E-state index contributed by atoms with van der Waals surface area (Å²) in [6.45, 7) is 2.11. The van der Waals surface area contributed by atoms with Gasteiger partial charge in [0.15, 0.2) is 0 Å². The zero-order valence-electron chi connectivity index (χ0n) is 18.6. The van der Waals surface area contributed by atoms with Crippen LogP contribution in [0.4, 0.5) is 13.2 Å². The molecule has 2 saturated carbocycles. The number of nitrogens with zero attached hydrogens (tertiary/aromatic N) is 3. The van der Waals surface area contributed by atoms with Crippen molar-refractivity contribution in [3.8, 4) is 11.5 Å². The van der Waals surface area contributed by atoms with Gasteiger partial charge in [-0.15, -0.1) is 22.6 Å². The molecule has 2 aromatic carbocycles. The molecule has 6 rings (SSSR count). The topological polar surface area (TPSA) is 42.2 Å². The second-order valence-electron chi connectivity index (χ2n) is 9.75. The Labute approximate surface area is 203 Å². The highest BCUT2D eigenvalue weighted by atomic mass is 35.5. The minimum Gasteiger partial charge on any atom is -0.420 e. The van der Waals surface area contributed by atoms with Gasteiger partial charge in [-0.3, -0.25) is 4.90 Å². The molecule has 0 N–H and O–H groups in total. The summed E-state index contributed by atoms with van der Waals surface area (Å²) in [5.74, 6) is 2.70. The Hall–Kier alpha value is -2.38. The van der Waals surface area contributed by atoms with E-state index in [1.54, 1.807) is 6.07 Å². The summed E-state index contributed by atoms with van der Waals surface area (Å²) in [4.78, 5) is 2.64. The maximum Gasteiger partial charge on any atom is 0.416 e. The smallest absolute Gasteiger partial charge is 0.416 e. The van der Waals surface area contributed by atoms with Crippen molar-refractivity contribution < 1.29 is 17.6 Å². The predicted octanol–water partition coefficient (Wildman–Crippen LogP) is 6.55. The van der Waals surface area contributed by atoms with Crippen LogP contribution in [0.3, 0.4) is 0 Å². The summed E-state index contributed by atoms with van der Waals surface area (Å²) >= 11 is 0. The minimum atomic E-state index is -4.39. The summed E-state index contributed by atoms with van der Waals surface area (Å²) in [5, 5.41) is 8.24. The van der Waals surface area contributed by atoms with E-state index in [9.17, 15) is 13.2 Å². The Morgan fingerprint density at radius 3 is 2.24 bits per heavy atom. The van der Waals surface area contributed by atoms with Crippen LogP contribution in [0.25, 0.3) is 11.5 Å². The van der Waals surface area contributed by atoms with Gasteiger partial charge in [0.2, 0.25) is 11.8 Å². The molecule has 3 aliphatic rings. The van der Waals surface area contributed by atoms with E-state index in [-0.39, 0.29) is 24.2 Å². The summed E-state index contributed by atoms with van der Waals surface area (Å²) in [6, 6.07) is 16.6. The van der Waals surface area contributed by atoms with Crippen LogP contribution in [0, 0.1) is 11.8 Å². The van der Waals surface area contributed by atoms with Gasteiger partial charge < -0.3 is 4.42 Å². The van der Waals surface area contributed by atoms with Gasteiger partial charge in [-0.2, -0.15) is 13.2 Å². The van der Waals surface area contributed by atoms with E-state index in [0.717, 1.165) is 25.2 Å². The van der Waals surface area contributed by atoms with Gasteiger partial charge in [0.1, 0.15) is 0 Å². The molecule has 1 aromatic heterocycles. The van der Waals surface area contributed by atoms with Gasteiger partial charge in [0.05, 0.1) is 5.56 Å². The third kappa shape index (κ3) is 4.36. The van der Waals surface area contributed by atoms with E-state index >= 15 is 0 Å². The number of hydrogen-bond donors (Lipinski definition) is 0. The standard InChI is InChI=1S/C26H26F3N3O.ClH/c27-26(28,29)19-8-4-7-18(13-19)24-30-31-25(33-24)23-21-14-32(15-22(21)23)20-11-9-17(10-12-20)16-5-2-1-3-6-16;/h1-8,13,17,20-23H,9-12,14-15H2;1H/t17?,20?,21-,22+,23?;. The van der Waals surface area contributed by atoms with Crippen LogP contribution in [0.1, 0.15) is 54.5 Å². The summed E-state index contributed by atoms with van der Waals surface area (Å²) in [6.07, 6.45) is 0.575. The lowest BCUT2D eigenvalue weighted by molar-refractivity contribution is -0.137. The molecule has 0 amide bonds. The van der Waals surface area contributed by atoms with Crippen LogP contribution in [0.5, 0.6) is 0 Å². The largest absolute Gasteiger partial charge is 0.420 e. The molecule has 2 aliphatic carbocycles. The second kappa shape index (κ2) is 9.00. The van der Waals surface area contributed by atoms with Crippen molar-refractivity contribution in [1.82, 2.24) is 15.1 Å². The Bertz CT molecular complexity index is 1120. The fourth-order valence-electron chi connectivity index (χ4n) is 6.04. The molecule has 0 radical (unpaired) electrons. The highest BCUT2D eigenvalue weighted by molar-refractivity contribution is 5.85. The van der Waals surface area contributed by atoms with Crippen molar-refractivity contribution >= 4 is 12.4 Å². The monoisotopic (exact) mass is 489 g/mol. The lowest BCUT2D eigenvalue weighted by Crippen LogP contribution is -2.38. The first-order chi connectivity index (χ1) is 16.0. The van der Waals surface area contributed by atoms with Crippen LogP contribution in [0.15, 0.2) is 59.0 Å². The molecule has 1 saturated heterocycles. The summed E-state index contributed by atoms with van der Waals surface area (Å²) in [5.41, 5.74) is 1.07. The van der Waals surface area contributed by atoms with Crippen LogP contribution >= 0.6 is 12.4 Å². The Morgan fingerprint density at radius 1 is 0.853 bits per heavy atom. The molecule has 4 nitrogen and oxygen atoms in total. The number of rotatable bonds is 4. The molecular weight excluding hydrogens is 463 g/mol. The first-order valence-corrected chi connectivity index (χ1v) is 11.8. The van der Waals surface area contributed by atoms with Gasteiger partial charge in [-0.1, -0.05) is 36.4 Å². The van der Waals surface area contributed by atoms with Gasteiger partial charge in [-0.05, 0) is 67.2 Å². The third-order valence-electron chi connectivity index (χ3n) is 7.87. The number of aromatic nitrogens is 2. The predicted molar refractivity (Wildman–Crippen MR) is 125 cm³/mol. The lowest BCUT2D eigenvalue weighted by atomic mass is 9.81. The number of alkyl halides is 3. The summed E-state index contributed by atoms with van der Waals surface area (Å²) in [7, 11) is 0. The van der Waals surface area contributed by atoms with E-state index < -0.39 is 11.7 Å². The maximum atomic E-state index is 13.0. The molecule has 1 aliphatic heterocycles. The van der Waals surface area contributed by atoms with E-state index in [0.29, 0.717) is 35.2 Å². The van der Waals surface area contributed by atoms with Crippen LogP contribution in [0.2, 0.25) is 0 Å². The van der Waals surface area contributed by atoms with Crippen LogP contribution in [-0.4, -0.2) is 34.2 Å². The molecule has 34 heavy (non-hydrogen) atoms. The van der Waals surface area contributed by atoms with E-state index in [2.05, 4.69) is 45.4 Å². The Balaban J connectivity index is 0.00000241. The maximum absolute atomic E-state index is 13.0. The highest BCUT2D eigenvalue weighted by Gasteiger charge is 2.59. The highest BCUT2D eigenvalue weighted by Crippen LogP contribution is 2.59. The van der Waals surface area contributed by atoms with Crippen molar-refractivity contribution in [3.63, 3.8) is 0 Å². The van der Waals surface area contributed by atoms with Gasteiger partial charge in [0.25, 0.3) is 0 Å². The van der Waals surface area contributed by atoms with E-state index in [1.165, 1.54) is 37.3 Å². The fraction of sp³-hybridized carbons (Fsp3) is 0.462. The van der Waals surface area contributed by atoms with Gasteiger partial charge in [0, 0.05) is 30.6 Å². The lowest BCUT2D eigenvalue weighted by Gasteiger charge is -2.36.